The number of amides is 2. The van der Waals surface area contributed by atoms with Crippen LogP contribution in [0.2, 0.25) is 10.0 Å². The molecule has 0 heterocycles. The summed E-state index contributed by atoms with van der Waals surface area (Å²) in [5, 5.41) is 3.73. The number of halogens is 2. The lowest BCUT2D eigenvalue weighted by molar-refractivity contribution is -0.140. The number of hydrogen-bond donors (Lipinski definition) is 1. The van der Waals surface area contributed by atoms with Gasteiger partial charge in [0.15, 0.2) is 0 Å². The van der Waals surface area contributed by atoms with E-state index in [-0.39, 0.29) is 35.5 Å². The van der Waals surface area contributed by atoms with Crippen LogP contribution < -0.4 is 9.62 Å². The highest BCUT2D eigenvalue weighted by Crippen LogP contribution is 2.32. The predicted molar refractivity (Wildman–Crippen MR) is 181 cm³/mol. The maximum absolute atomic E-state index is 14.6. The standard InChI is InChI=1S/C35H37Cl2N3O4S/c1-24(2)38-35(42)33(21-27-11-6-5-7-12-27)39(22-28-13-8-9-14-31(28)37)34(41)23-40(32-16-10-15-30(36)26(32)4)45(43,44)29-19-17-25(3)18-20-29/h5-20,24,33H,21-23H2,1-4H3,(H,38,42)/t33-/m0/s1. The van der Waals surface area contributed by atoms with Crippen LogP contribution in [-0.4, -0.2) is 43.8 Å². The fourth-order valence-corrected chi connectivity index (χ4v) is 6.80. The van der Waals surface area contributed by atoms with Crippen molar-refractivity contribution >= 4 is 50.7 Å². The lowest BCUT2D eigenvalue weighted by Crippen LogP contribution is -2.54. The van der Waals surface area contributed by atoms with Crippen molar-refractivity contribution in [2.24, 2.45) is 0 Å². The molecule has 1 atom stereocenters. The lowest BCUT2D eigenvalue weighted by Gasteiger charge is -2.34. The first-order chi connectivity index (χ1) is 21.4. The number of sulfonamides is 1. The Hall–Kier alpha value is -3.85. The van der Waals surface area contributed by atoms with Crippen LogP contribution in [0.1, 0.15) is 36.1 Å². The molecule has 0 unspecified atom stereocenters. The summed E-state index contributed by atoms with van der Waals surface area (Å²) in [5.74, 6) is -0.939. The Kier molecular flexibility index (Phi) is 11.3. The van der Waals surface area contributed by atoms with Gasteiger partial charge in [-0.1, -0.05) is 95.5 Å². The zero-order chi connectivity index (χ0) is 32.7. The molecule has 0 aliphatic heterocycles. The van der Waals surface area contributed by atoms with Crippen LogP contribution in [0.25, 0.3) is 0 Å². The topological polar surface area (TPSA) is 86.8 Å². The molecular formula is C35H37Cl2N3O4S. The van der Waals surface area contributed by atoms with Gasteiger partial charge in [0.05, 0.1) is 10.6 Å². The molecule has 0 fully saturated rings. The quantitative estimate of drug-likeness (QED) is 0.177. The van der Waals surface area contributed by atoms with Crippen molar-refractivity contribution in [1.82, 2.24) is 10.2 Å². The summed E-state index contributed by atoms with van der Waals surface area (Å²) in [4.78, 5) is 29.8. The highest BCUT2D eigenvalue weighted by Gasteiger charge is 2.35. The molecule has 236 valence electrons. The van der Waals surface area contributed by atoms with Crippen LogP contribution in [-0.2, 0) is 32.6 Å². The number of hydrogen-bond acceptors (Lipinski definition) is 4. The molecule has 1 N–H and O–H groups in total. The Balaban J connectivity index is 1.85. The molecule has 45 heavy (non-hydrogen) atoms. The van der Waals surface area contributed by atoms with Gasteiger partial charge in [-0.2, -0.15) is 0 Å². The summed E-state index contributed by atoms with van der Waals surface area (Å²) >= 11 is 13.0. The Bertz CT molecular complexity index is 1750. The van der Waals surface area contributed by atoms with E-state index in [0.29, 0.717) is 21.2 Å². The van der Waals surface area contributed by atoms with Crippen molar-refractivity contribution in [3.63, 3.8) is 0 Å². The zero-order valence-electron chi connectivity index (χ0n) is 25.7. The minimum Gasteiger partial charge on any atom is -0.352 e. The van der Waals surface area contributed by atoms with E-state index >= 15 is 0 Å². The first-order valence-corrected chi connectivity index (χ1v) is 16.8. The average Bonchev–Trinajstić information content (AvgIpc) is 3.00. The van der Waals surface area contributed by atoms with Gasteiger partial charge < -0.3 is 10.2 Å². The van der Waals surface area contributed by atoms with Crippen LogP contribution in [0, 0.1) is 13.8 Å². The van der Waals surface area contributed by atoms with Crippen LogP contribution in [0.3, 0.4) is 0 Å². The predicted octanol–water partition coefficient (Wildman–Crippen LogP) is 6.97. The van der Waals surface area contributed by atoms with E-state index in [0.717, 1.165) is 15.4 Å². The molecule has 7 nitrogen and oxygen atoms in total. The summed E-state index contributed by atoms with van der Waals surface area (Å²) in [5.41, 5.74) is 3.11. The summed E-state index contributed by atoms with van der Waals surface area (Å²) < 4.78 is 29.5. The van der Waals surface area contributed by atoms with Crippen molar-refractivity contribution in [2.45, 2.75) is 57.6 Å². The Morgan fingerprint density at radius 2 is 1.42 bits per heavy atom. The number of carbonyl (C=O) groups is 2. The third kappa shape index (κ3) is 8.45. The van der Waals surface area contributed by atoms with Crippen LogP contribution in [0.5, 0.6) is 0 Å². The first kappa shape index (κ1) is 34.0. The fraction of sp³-hybridized carbons (Fsp3) is 0.257. The maximum Gasteiger partial charge on any atom is 0.264 e. The van der Waals surface area contributed by atoms with E-state index in [2.05, 4.69) is 5.32 Å². The first-order valence-electron chi connectivity index (χ1n) is 14.6. The minimum absolute atomic E-state index is 0.0194. The summed E-state index contributed by atoms with van der Waals surface area (Å²) in [6.45, 7) is 6.65. The third-order valence-corrected chi connectivity index (χ3v) is 9.95. The van der Waals surface area contributed by atoms with E-state index < -0.39 is 28.5 Å². The molecule has 0 aromatic heterocycles. The molecule has 0 radical (unpaired) electrons. The number of carbonyl (C=O) groups excluding carboxylic acids is 2. The van der Waals surface area contributed by atoms with Crippen LogP contribution in [0.4, 0.5) is 5.69 Å². The van der Waals surface area contributed by atoms with Gasteiger partial charge in [0.2, 0.25) is 11.8 Å². The van der Waals surface area contributed by atoms with Gasteiger partial charge in [0.25, 0.3) is 10.0 Å². The Morgan fingerprint density at radius 3 is 2.07 bits per heavy atom. The largest absolute Gasteiger partial charge is 0.352 e. The molecule has 10 heteroatoms. The molecule has 4 aromatic rings. The number of aryl methyl sites for hydroxylation is 1. The van der Waals surface area contributed by atoms with E-state index in [1.54, 1.807) is 61.5 Å². The molecule has 4 aromatic carbocycles. The Morgan fingerprint density at radius 1 is 0.800 bits per heavy atom. The molecule has 0 spiro atoms. The number of nitrogens with one attached hydrogen (secondary N) is 1. The SMILES string of the molecule is Cc1ccc(S(=O)(=O)N(CC(=O)N(Cc2ccccc2Cl)[C@@H](Cc2ccccc2)C(=O)NC(C)C)c2cccc(Cl)c2C)cc1. The molecule has 0 saturated carbocycles. The van der Waals surface area contributed by atoms with Gasteiger partial charge in [-0.05, 0) is 74.7 Å². The van der Waals surface area contributed by atoms with Gasteiger partial charge in [-0.3, -0.25) is 13.9 Å². The van der Waals surface area contributed by atoms with E-state index in [1.807, 2.05) is 51.1 Å². The van der Waals surface area contributed by atoms with Gasteiger partial charge >= 0.3 is 0 Å². The molecule has 0 bridgehead atoms. The molecule has 0 aliphatic rings. The monoisotopic (exact) mass is 665 g/mol. The second-order valence-electron chi connectivity index (χ2n) is 11.2. The minimum atomic E-state index is -4.24. The van der Waals surface area contributed by atoms with Crippen molar-refractivity contribution in [3.05, 3.63) is 129 Å². The van der Waals surface area contributed by atoms with Gasteiger partial charge in [0, 0.05) is 29.1 Å². The summed E-state index contributed by atoms with van der Waals surface area (Å²) in [7, 11) is -4.24. The second-order valence-corrected chi connectivity index (χ2v) is 13.9. The molecular weight excluding hydrogens is 629 g/mol. The molecule has 2 amide bonds. The van der Waals surface area contributed by atoms with Crippen LogP contribution in [0.15, 0.2) is 102 Å². The Labute approximate surface area is 275 Å². The van der Waals surface area contributed by atoms with Crippen molar-refractivity contribution in [3.8, 4) is 0 Å². The average molecular weight is 667 g/mol. The number of rotatable bonds is 12. The molecule has 0 saturated heterocycles. The van der Waals surface area contributed by atoms with Gasteiger partial charge in [0.1, 0.15) is 12.6 Å². The summed E-state index contributed by atoms with van der Waals surface area (Å²) in [6.07, 6.45) is 0.205. The third-order valence-electron chi connectivity index (χ3n) is 7.40. The van der Waals surface area contributed by atoms with Crippen molar-refractivity contribution in [2.75, 3.05) is 10.8 Å². The normalized spacial score (nSPS) is 12.1. The fourth-order valence-electron chi connectivity index (χ4n) is 4.96. The summed E-state index contributed by atoms with van der Waals surface area (Å²) in [6, 6.07) is 26.6. The lowest BCUT2D eigenvalue weighted by atomic mass is 10.0. The highest BCUT2D eigenvalue weighted by atomic mass is 35.5. The number of anilines is 1. The van der Waals surface area contributed by atoms with E-state index in [4.69, 9.17) is 23.2 Å². The van der Waals surface area contributed by atoms with Crippen molar-refractivity contribution in [1.29, 1.82) is 0 Å². The van der Waals surface area contributed by atoms with Gasteiger partial charge in [-0.15, -0.1) is 0 Å². The smallest absolute Gasteiger partial charge is 0.264 e. The molecule has 4 rings (SSSR count). The van der Waals surface area contributed by atoms with E-state index in [1.165, 1.54) is 17.0 Å². The molecule has 0 aliphatic carbocycles. The number of benzene rings is 4. The van der Waals surface area contributed by atoms with Crippen LogP contribution >= 0.6 is 23.2 Å². The maximum atomic E-state index is 14.6. The van der Waals surface area contributed by atoms with Gasteiger partial charge in [-0.25, -0.2) is 8.42 Å². The number of nitrogens with zero attached hydrogens (tertiary/aromatic N) is 2. The van der Waals surface area contributed by atoms with Crippen molar-refractivity contribution < 1.29 is 18.0 Å². The second kappa shape index (κ2) is 15.0. The van der Waals surface area contributed by atoms with E-state index in [9.17, 15) is 18.0 Å². The highest BCUT2D eigenvalue weighted by molar-refractivity contribution is 7.92. The zero-order valence-corrected chi connectivity index (χ0v) is 28.0.